The number of hydrogen-bond donors (Lipinski definition) is 1. The van der Waals surface area contributed by atoms with Gasteiger partial charge in [-0.1, -0.05) is 56.3 Å². The van der Waals surface area contributed by atoms with Crippen LogP contribution >= 0.6 is 0 Å². The van der Waals surface area contributed by atoms with Crippen molar-refractivity contribution < 1.29 is 9.90 Å². The molecule has 28 heavy (non-hydrogen) atoms. The molecule has 0 aliphatic heterocycles. The number of aromatic carboxylic acids is 1. The van der Waals surface area contributed by atoms with Crippen molar-refractivity contribution >= 4 is 5.97 Å². The van der Waals surface area contributed by atoms with Crippen LogP contribution in [0.4, 0.5) is 0 Å². The van der Waals surface area contributed by atoms with Gasteiger partial charge in [-0.3, -0.25) is 0 Å². The van der Waals surface area contributed by atoms with Crippen molar-refractivity contribution in [2.75, 3.05) is 0 Å². The summed E-state index contributed by atoms with van der Waals surface area (Å²) in [6.07, 6.45) is 2.71. The number of aryl methyl sites for hydroxylation is 2. The normalized spacial score (nSPS) is 11.1. The van der Waals surface area contributed by atoms with Crippen LogP contribution in [0.15, 0.2) is 48.5 Å². The van der Waals surface area contributed by atoms with E-state index in [2.05, 4.69) is 25.9 Å². The number of aromatic nitrogens is 3. The molecular formula is C23H27N3O2. The van der Waals surface area contributed by atoms with Gasteiger partial charge in [-0.25, -0.2) is 14.5 Å². The van der Waals surface area contributed by atoms with Crippen molar-refractivity contribution in [1.82, 2.24) is 14.8 Å². The van der Waals surface area contributed by atoms with Gasteiger partial charge in [0.1, 0.15) is 5.82 Å². The maximum Gasteiger partial charge on any atom is 0.336 e. The van der Waals surface area contributed by atoms with Crippen LogP contribution in [0.5, 0.6) is 0 Å². The summed E-state index contributed by atoms with van der Waals surface area (Å²) in [6.45, 7) is 7.30. The molecule has 5 nitrogen and oxygen atoms in total. The molecule has 0 saturated heterocycles. The summed E-state index contributed by atoms with van der Waals surface area (Å²) in [4.78, 5) is 16.2. The summed E-state index contributed by atoms with van der Waals surface area (Å²) in [6, 6.07) is 15.1. The van der Waals surface area contributed by atoms with Gasteiger partial charge in [0.15, 0.2) is 5.82 Å². The van der Waals surface area contributed by atoms with Crippen LogP contribution in [0.2, 0.25) is 0 Å². The SMILES string of the molecule is CCn1nc(CCC(C)C)nc1Cc1ccc(-c2ccccc2C(=O)O)cc1. The lowest BCUT2D eigenvalue weighted by Crippen LogP contribution is -2.04. The molecular weight excluding hydrogens is 350 g/mol. The molecule has 2 aromatic carbocycles. The molecule has 0 unspecified atom stereocenters. The number of carboxylic acids is 1. The highest BCUT2D eigenvalue weighted by Crippen LogP contribution is 2.24. The molecule has 0 radical (unpaired) electrons. The summed E-state index contributed by atoms with van der Waals surface area (Å²) >= 11 is 0. The average Bonchev–Trinajstić information content (AvgIpc) is 3.08. The summed E-state index contributed by atoms with van der Waals surface area (Å²) in [5, 5.41) is 14.0. The van der Waals surface area contributed by atoms with Gasteiger partial charge in [0.25, 0.3) is 0 Å². The van der Waals surface area contributed by atoms with E-state index in [9.17, 15) is 9.90 Å². The van der Waals surface area contributed by atoms with Gasteiger partial charge < -0.3 is 5.11 Å². The van der Waals surface area contributed by atoms with Gasteiger partial charge in [0, 0.05) is 19.4 Å². The number of nitrogens with zero attached hydrogens (tertiary/aromatic N) is 3. The predicted molar refractivity (Wildman–Crippen MR) is 110 cm³/mol. The fraction of sp³-hybridized carbons (Fsp3) is 0.348. The lowest BCUT2D eigenvalue weighted by molar-refractivity contribution is 0.0697. The molecule has 0 aliphatic carbocycles. The van der Waals surface area contributed by atoms with E-state index in [1.54, 1.807) is 12.1 Å². The van der Waals surface area contributed by atoms with E-state index in [4.69, 9.17) is 4.98 Å². The predicted octanol–water partition coefficient (Wildman–Crippen LogP) is 4.84. The minimum atomic E-state index is -0.912. The Morgan fingerprint density at radius 2 is 1.82 bits per heavy atom. The van der Waals surface area contributed by atoms with Crippen LogP contribution in [-0.4, -0.2) is 25.8 Å². The van der Waals surface area contributed by atoms with Crippen LogP contribution < -0.4 is 0 Å². The Morgan fingerprint density at radius 1 is 1.11 bits per heavy atom. The standard InChI is InChI=1S/C23H27N3O2/c1-4-26-22(24-21(25-26)14-9-16(2)3)15-17-10-12-18(13-11-17)19-7-5-6-8-20(19)23(27)28/h5-8,10-13,16H,4,9,14-15H2,1-3H3,(H,27,28). The van der Waals surface area contributed by atoms with Gasteiger partial charge >= 0.3 is 5.97 Å². The molecule has 1 N–H and O–H groups in total. The Hall–Kier alpha value is -2.95. The Labute approximate surface area is 166 Å². The first-order chi connectivity index (χ1) is 13.5. The quantitative estimate of drug-likeness (QED) is 0.610. The van der Waals surface area contributed by atoms with E-state index < -0.39 is 5.97 Å². The van der Waals surface area contributed by atoms with E-state index in [0.717, 1.165) is 47.7 Å². The monoisotopic (exact) mass is 377 g/mol. The fourth-order valence-corrected chi connectivity index (χ4v) is 3.24. The first-order valence-corrected chi connectivity index (χ1v) is 9.82. The molecule has 3 rings (SSSR count). The van der Waals surface area contributed by atoms with Crippen LogP contribution in [0.25, 0.3) is 11.1 Å². The molecule has 0 spiro atoms. The van der Waals surface area contributed by atoms with Gasteiger partial charge in [0.2, 0.25) is 0 Å². The van der Waals surface area contributed by atoms with E-state index in [-0.39, 0.29) is 0 Å². The maximum absolute atomic E-state index is 11.5. The second-order valence-electron chi connectivity index (χ2n) is 7.42. The zero-order valence-electron chi connectivity index (χ0n) is 16.7. The fourth-order valence-electron chi connectivity index (χ4n) is 3.24. The highest BCUT2D eigenvalue weighted by atomic mass is 16.4. The van der Waals surface area contributed by atoms with Crippen molar-refractivity contribution in [3.63, 3.8) is 0 Å². The van der Waals surface area contributed by atoms with E-state index >= 15 is 0 Å². The first kappa shape index (κ1) is 19.8. The Morgan fingerprint density at radius 3 is 2.46 bits per heavy atom. The van der Waals surface area contributed by atoms with Crippen molar-refractivity contribution in [2.45, 2.75) is 46.6 Å². The third kappa shape index (κ3) is 4.66. The van der Waals surface area contributed by atoms with Crippen LogP contribution in [0.3, 0.4) is 0 Å². The van der Waals surface area contributed by atoms with E-state index in [1.165, 1.54) is 0 Å². The molecule has 0 saturated carbocycles. The van der Waals surface area contributed by atoms with Crippen molar-refractivity contribution in [3.05, 3.63) is 71.3 Å². The zero-order valence-corrected chi connectivity index (χ0v) is 16.7. The highest BCUT2D eigenvalue weighted by molar-refractivity contribution is 5.95. The smallest absolute Gasteiger partial charge is 0.336 e. The Kier molecular flexibility index (Phi) is 6.24. The van der Waals surface area contributed by atoms with Gasteiger partial charge in [-0.05, 0) is 42.0 Å². The lowest BCUT2D eigenvalue weighted by atomic mass is 9.98. The second kappa shape index (κ2) is 8.83. The topological polar surface area (TPSA) is 68.0 Å². The Bertz CT molecular complexity index is 943. The third-order valence-corrected chi connectivity index (χ3v) is 4.82. The number of rotatable bonds is 8. The average molecular weight is 377 g/mol. The summed E-state index contributed by atoms with van der Waals surface area (Å²) in [5.41, 5.74) is 3.08. The van der Waals surface area contributed by atoms with Crippen molar-refractivity contribution in [2.24, 2.45) is 5.92 Å². The second-order valence-corrected chi connectivity index (χ2v) is 7.42. The summed E-state index contributed by atoms with van der Waals surface area (Å²) in [5.74, 6) is 1.61. The van der Waals surface area contributed by atoms with Gasteiger partial charge in [-0.2, -0.15) is 5.10 Å². The van der Waals surface area contributed by atoms with Gasteiger partial charge in [0.05, 0.1) is 5.56 Å². The number of carboxylic acid groups (broad SMARTS) is 1. The van der Waals surface area contributed by atoms with E-state index in [0.29, 0.717) is 17.9 Å². The van der Waals surface area contributed by atoms with Crippen LogP contribution in [-0.2, 0) is 19.4 Å². The van der Waals surface area contributed by atoms with Crippen molar-refractivity contribution in [1.29, 1.82) is 0 Å². The van der Waals surface area contributed by atoms with E-state index in [1.807, 2.05) is 41.1 Å². The summed E-state index contributed by atoms with van der Waals surface area (Å²) < 4.78 is 1.98. The number of hydrogen-bond acceptors (Lipinski definition) is 3. The molecule has 0 bridgehead atoms. The zero-order chi connectivity index (χ0) is 20.1. The molecule has 0 fully saturated rings. The minimum absolute atomic E-state index is 0.316. The molecule has 1 heterocycles. The minimum Gasteiger partial charge on any atom is -0.478 e. The van der Waals surface area contributed by atoms with Crippen LogP contribution in [0, 0.1) is 5.92 Å². The summed E-state index contributed by atoms with van der Waals surface area (Å²) in [7, 11) is 0. The van der Waals surface area contributed by atoms with Crippen molar-refractivity contribution in [3.8, 4) is 11.1 Å². The van der Waals surface area contributed by atoms with Crippen LogP contribution in [0.1, 0.15) is 54.8 Å². The molecule has 1 aromatic heterocycles. The molecule has 5 heteroatoms. The molecule has 0 aliphatic rings. The number of benzene rings is 2. The number of carbonyl (C=O) groups is 1. The van der Waals surface area contributed by atoms with Gasteiger partial charge in [-0.15, -0.1) is 0 Å². The molecule has 0 amide bonds. The molecule has 0 atom stereocenters. The first-order valence-electron chi connectivity index (χ1n) is 9.82. The largest absolute Gasteiger partial charge is 0.478 e. The maximum atomic E-state index is 11.5. The third-order valence-electron chi connectivity index (χ3n) is 4.82. The molecule has 3 aromatic rings. The highest BCUT2D eigenvalue weighted by Gasteiger charge is 2.12. The lowest BCUT2D eigenvalue weighted by Gasteiger charge is -2.08. The Balaban J connectivity index is 1.79. The molecule has 146 valence electrons.